The van der Waals surface area contributed by atoms with Crippen molar-refractivity contribution in [2.45, 2.75) is 6.54 Å². The van der Waals surface area contributed by atoms with Gasteiger partial charge in [-0.3, -0.25) is 0 Å². The minimum absolute atomic E-state index is 0.280. The molecule has 0 heterocycles. The number of rotatable bonds is 8. The number of nitrogens with one attached hydrogen (secondary N) is 1. The molecular formula is C17H18Cl3NO3. The second-order valence-electron chi connectivity index (χ2n) is 4.91. The van der Waals surface area contributed by atoms with Gasteiger partial charge in [0.25, 0.3) is 0 Å². The highest BCUT2D eigenvalue weighted by atomic mass is 35.5. The van der Waals surface area contributed by atoms with Gasteiger partial charge in [0, 0.05) is 11.6 Å². The van der Waals surface area contributed by atoms with Crippen LogP contribution >= 0.6 is 34.8 Å². The van der Waals surface area contributed by atoms with E-state index in [1.54, 1.807) is 19.2 Å². The molecule has 0 fully saturated rings. The summed E-state index contributed by atoms with van der Waals surface area (Å²) >= 11 is 18.0. The number of halogens is 3. The molecule has 2 aromatic carbocycles. The topological polar surface area (TPSA) is 39.7 Å². The number of hydrogen-bond acceptors (Lipinski definition) is 4. The average molecular weight is 391 g/mol. The molecule has 0 amide bonds. The quantitative estimate of drug-likeness (QED) is 0.655. The summed E-state index contributed by atoms with van der Waals surface area (Å²) in [6, 6.07) is 8.93. The Bertz CT molecular complexity index is 672. The van der Waals surface area contributed by atoms with Crippen molar-refractivity contribution in [2.75, 3.05) is 27.4 Å². The maximum absolute atomic E-state index is 6.06. The average Bonchev–Trinajstić information content (AvgIpc) is 2.54. The van der Waals surface area contributed by atoms with Crippen LogP contribution in [0.4, 0.5) is 0 Å². The van der Waals surface area contributed by atoms with Crippen molar-refractivity contribution in [3.8, 4) is 17.2 Å². The van der Waals surface area contributed by atoms with Crippen LogP contribution in [0.1, 0.15) is 5.56 Å². The van der Waals surface area contributed by atoms with E-state index in [0.717, 1.165) is 12.1 Å². The van der Waals surface area contributed by atoms with Crippen molar-refractivity contribution >= 4 is 34.8 Å². The summed E-state index contributed by atoms with van der Waals surface area (Å²) in [4.78, 5) is 0. The Morgan fingerprint density at radius 3 is 2.21 bits per heavy atom. The van der Waals surface area contributed by atoms with Crippen LogP contribution in [0, 0.1) is 0 Å². The standard InChI is InChI=1S/C17H18Cl3NO3/c1-21-10-11-3-4-15(16(7-11)22-2)23-5-6-24-17-13(19)8-12(18)9-14(17)20/h3-4,7-9,21H,5-6,10H2,1-2H3. The lowest BCUT2D eigenvalue weighted by Gasteiger charge is -2.14. The molecule has 130 valence electrons. The number of hydrogen-bond donors (Lipinski definition) is 1. The monoisotopic (exact) mass is 389 g/mol. The first-order chi connectivity index (χ1) is 11.5. The number of ether oxygens (including phenoxy) is 3. The Labute approximate surface area is 156 Å². The van der Waals surface area contributed by atoms with Gasteiger partial charge in [-0.2, -0.15) is 0 Å². The van der Waals surface area contributed by atoms with E-state index in [0.29, 0.717) is 38.9 Å². The zero-order valence-corrected chi connectivity index (χ0v) is 15.6. The third-order valence-corrected chi connectivity index (χ3v) is 3.94. The summed E-state index contributed by atoms with van der Waals surface area (Å²) < 4.78 is 16.6. The summed E-state index contributed by atoms with van der Waals surface area (Å²) in [6.07, 6.45) is 0. The van der Waals surface area contributed by atoms with Crippen molar-refractivity contribution in [3.05, 3.63) is 51.0 Å². The molecule has 2 aromatic rings. The van der Waals surface area contributed by atoms with Crippen LogP contribution in [0.2, 0.25) is 15.1 Å². The van der Waals surface area contributed by atoms with E-state index in [2.05, 4.69) is 5.32 Å². The molecule has 1 N–H and O–H groups in total. The molecule has 0 radical (unpaired) electrons. The SMILES string of the molecule is CNCc1ccc(OCCOc2c(Cl)cc(Cl)cc2Cl)c(OC)c1. The Balaban J connectivity index is 1.93. The minimum atomic E-state index is 0.280. The molecule has 7 heteroatoms. The van der Waals surface area contributed by atoms with Gasteiger partial charge in [-0.05, 0) is 36.9 Å². The number of methoxy groups -OCH3 is 1. The van der Waals surface area contributed by atoms with Crippen LogP contribution in [0.3, 0.4) is 0 Å². The molecule has 24 heavy (non-hydrogen) atoms. The van der Waals surface area contributed by atoms with Crippen LogP contribution < -0.4 is 19.5 Å². The molecule has 0 saturated heterocycles. The van der Waals surface area contributed by atoms with E-state index >= 15 is 0 Å². The van der Waals surface area contributed by atoms with Crippen LogP contribution in [0.15, 0.2) is 30.3 Å². The predicted octanol–water partition coefficient (Wildman–Crippen LogP) is 4.83. The fourth-order valence-electron chi connectivity index (χ4n) is 2.11. The molecule has 0 aromatic heterocycles. The lowest BCUT2D eigenvalue weighted by atomic mass is 10.2. The first-order valence-electron chi connectivity index (χ1n) is 7.26. The van der Waals surface area contributed by atoms with E-state index in [9.17, 15) is 0 Å². The van der Waals surface area contributed by atoms with Crippen molar-refractivity contribution in [1.29, 1.82) is 0 Å². The molecule has 0 bridgehead atoms. The molecule has 0 aliphatic heterocycles. The minimum Gasteiger partial charge on any atom is -0.493 e. The zero-order chi connectivity index (χ0) is 17.5. The van der Waals surface area contributed by atoms with Gasteiger partial charge in [-0.1, -0.05) is 40.9 Å². The summed E-state index contributed by atoms with van der Waals surface area (Å²) in [5, 5.41) is 4.27. The summed E-state index contributed by atoms with van der Waals surface area (Å²) in [7, 11) is 3.50. The largest absolute Gasteiger partial charge is 0.493 e. The Morgan fingerprint density at radius 2 is 1.58 bits per heavy atom. The highest BCUT2D eigenvalue weighted by Gasteiger charge is 2.10. The second kappa shape index (κ2) is 9.23. The van der Waals surface area contributed by atoms with Crippen molar-refractivity contribution in [1.82, 2.24) is 5.32 Å². The molecule has 2 rings (SSSR count). The van der Waals surface area contributed by atoms with Gasteiger partial charge >= 0.3 is 0 Å². The van der Waals surface area contributed by atoms with Gasteiger partial charge in [0.2, 0.25) is 0 Å². The van der Waals surface area contributed by atoms with E-state index in [1.807, 2.05) is 25.2 Å². The molecule has 0 unspecified atom stereocenters. The van der Waals surface area contributed by atoms with E-state index in [-0.39, 0.29) is 6.61 Å². The van der Waals surface area contributed by atoms with Crippen molar-refractivity contribution in [3.63, 3.8) is 0 Å². The van der Waals surface area contributed by atoms with Crippen molar-refractivity contribution in [2.24, 2.45) is 0 Å². The van der Waals surface area contributed by atoms with E-state index in [4.69, 9.17) is 49.0 Å². The van der Waals surface area contributed by atoms with Gasteiger partial charge in [-0.15, -0.1) is 0 Å². The van der Waals surface area contributed by atoms with Gasteiger partial charge in [0.05, 0.1) is 17.2 Å². The highest BCUT2D eigenvalue weighted by Crippen LogP contribution is 2.35. The summed E-state index contributed by atoms with van der Waals surface area (Å²) in [6.45, 7) is 1.35. The molecule has 0 aliphatic rings. The first kappa shape index (κ1) is 19.0. The Kier molecular flexibility index (Phi) is 7.31. The highest BCUT2D eigenvalue weighted by molar-refractivity contribution is 6.40. The molecule has 0 aliphatic carbocycles. The van der Waals surface area contributed by atoms with Crippen LogP contribution in [-0.2, 0) is 6.54 Å². The second-order valence-corrected chi connectivity index (χ2v) is 6.16. The smallest absolute Gasteiger partial charge is 0.161 e. The number of benzene rings is 2. The van der Waals surface area contributed by atoms with Crippen LogP contribution in [0.25, 0.3) is 0 Å². The van der Waals surface area contributed by atoms with Gasteiger partial charge in [0.1, 0.15) is 13.2 Å². The Morgan fingerprint density at radius 1 is 0.917 bits per heavy atom. The van der Waals surface area contributed by atoms with E-state index in [1.165, 1.54) is 0 Å². The lowest BCUT2D eigenvalue weighted by molar-refractivity contribution is 0.211. The molecule has 0 atom stereocenters. The maximum atomic E-state index is 6.06. The van der Waals surface area contributed by atoms with Gasteiger partial charge < -0.3 is 19.5 Å². The lowest BCUT2D eigenvalue weighted by Crippen LogP contribution is -2.10. The predicted molar refractivity (Wildman–Crippen MR) is 98.2 cm³/mol. The normalized spacial score (nSPS) is 10.5. The fourth-order valence-corrected chi connectivity index (χ4v) is 3.03. The van der Waals surface area contributed by atoms with E-state index < -0.39 is 0 Å². The molecular weight excluding hydrogens is 373 g/mol. The summed E-state index contributed by atoms with van der Waals surface area (Å²) in [5.41, 5.74) is 1.11. The van der Waals surface area contributed by atoms with Gasteiger partial charge in [-0.25, -0.2) is 0 Å². The van der Waals surface area contributed by atoms with Crippen LogP contribution in [-0.4, -0.2) is 27.4 Å². The maximum Gasteiger partial charge on any atom is 0.161 e. The molecule has 0 spiro atoms. The van der Waals surface area contributed by atoms with Crippen LogP contribution in [0.5, 0.6) is 17.2 Å². The van der Waals surface area contributed by atoms with Crippen molar-refractivity contribution < 1.29 is 14.2 Å². The summed E-state index contributed by atoms with van der Waals surface area (Å²) in [5.74, 6) is 1.71. The fraction of sp³-hybridized carbons (Fsp3) is 0.294. The molecule has 0 saturated carbocycles. The third-order valence-electron chi connectivity index (χ3n) is 3.16. The third kappa shape index (κ3) is 5.08. The van der Waals surface area contributed by atoms with Gasteiger partial charge in [0.15, 0.2) is 17.2 Å². The molecule has 4 nitrogen and oxygen atoms in total. The Hall–Kier alpha value is -1.33. The zero-order valence-electron chi connectivity index (χ0n) is 13.4. The first-order valence-corrected chi connectivity index (χ1v) is 8.40.